The summed E-state index contributed by atoms with van der Waals surface area (Å²) in [5, 5.41) is 32.7. The Morgan fingerprint density at radius 1 is 1.11 bits per heavy atom. The van der Waals surface area contributed by atoms with E-state index in [0.717, 1.165) is 34.7 Å². The zero-order chi connectivity index (χ0) is 25.7. The summed E-state index contributed by atoms with van der Waals surface area (Å²) in [5.41, 5.74) is 0.396. The van der Waals surface area contributed by atoms with E-state index in [-0.39, 0.29) is 28.5 Å². The van der Waals surface area contributed by atoms with Gasteiger partial charge in [0.15, 0.2) is 5.75 Å². The van der Waals surface area contributed by atoms with Crippen LogP contribution in [0.2, 0.25) is 0 Å². The average molecular weight is 490 g/mol. The number of aromatic hydroxyl groups is 1. The van der Waals surface area contributed by atoms with Gasteiger partial charge in [-0.1, -0.05) is 6.07 Å². The Bertz CT molecular complexity index is 1470. The fourth-order valence-electron chi connectivity index (χ4n) is 4.60. The van der Waals surface area contributed by atoms with Crippen molar-refractivity contribution in [1.82, 2.24) is 0 Å². The van der Waals surface area contributed by atoms with Gasteiger partial charge in [-0.3, -0.25) is 24.6 Å². The molecule has 0 saturated carbocycles. The van der Waals surface area contributed by atoms with Crippen LogP contribution in [-0.4, -0.2) is 32.9 Å². The number of phenolic OH excluding ortho intramolecular Hbond substituents is 1. The Labute approximate surface area is 203 Å². The highest BCUT2D eigenvalue weighted by molar-refractivity contribution is 6.51. The number of nitrogens with zero attached hydrogens (tertiary/aromatic N) is 2. The third kappa shape index (κ3) is 3.72. The minimum Gasteiger partial charge on any atom is -0.507 e. The SMILES string of the molecule is CC1Cc2cc(/C(O)=C3\C(=O)C(=O)N(c4ccc(F)cc4)C3c3ccc(O)c([N+](=O)[O-])c3)ccc2O1. The minimum atomic E-state index is -1.28. The first-order valence-corrected chi connectivity index (χ1v) is 11.0. The molecule has 36 heavy (non-hydrogen) atoms. The lowest BCUT2D eigenvalue weighted by Crippen LogP contribution is -2.29. The van der Waals surface area contributed by atoms with Crippen molar-refractivity contribution in [3.63, 3.8) is 0 Å². The third-order valence-electron chi connectivity index (χ3n) is 6.23. The number of ether oxygens (including phenoxy) is 1. The molecule has 5 rings (SSSR count). The summed E-state index contributed by atoms with van der Waals surface area (Å²) >= 11 is 0. The van der Waals surface area contributed by atoms with Crippen molar-refractivity contribution in [2.45, 2.75) is 25.5 Å². The van der Waals surface area contributed by atoms with Crippen molar-refractivity contribution in [2.24, 2.45) is 0 Å². The monoisotopic (exact) mass is 490 g/mol. The number of Topliss-reactive ketones (excluding diaryl/α,β-unsaturated/α-hetero) is 1. The average Bonchev–Trinajstić information content (AvgIpc) is 3.35. The van der Waals surface area contributed by atoms with Crippen LogP contribution in [0, 0.1) is 15.9 Å². The van der Waals surface area contributed by atoms with Crippen molar-refractivity contribution >= 4 is 28.8 Å². The van der Waals surface area contributed by atoms with E-state index in [0.29, 0.717) is 12.2 Å². The van der Waals surface area contributed by atoms with Gasteiger partial charge in [-0.2, -0.15) is 0 Å². The van der Waals surface area contributed by atoms with Crippen LogP contribution < -0.4 is 9.64 Å². The van der Waals surface area contributed by atoms with E-state index >= 15 is 0 Å². The molecule has 0 radical (unpaired) electrons. The fourth-order valence-corrected chi connectivity index (χ4v) is 4.60. The molecule has 2 N–H and O–H groups in total. The highest BCUT2D eigenvalue weighted by Crippen LogP contribution is 2.44. The number of halogens is 1. The van der Waals surface area contributed by atoms with Crippen molar-refractivity contribution in [3.8, 4) is 11.5 Å². The molecule has 0 aliphatic carbocycles. The lowest BCUT2D eigenvalue weighted by molar-refractivity contribution is -0.385. The van der Waals surface area contributed by atoms with E-state index in [1.54, 1.807) is 18.2 Å². The molecule has 2 atom stereocenters. The number of amides is 1. The molecule has 2 unspecified atom stereocenters. The Hall–Kier alpha value is -4.73. The first-order chi connectivity index (χ1) is 17.2. The van der Waals surface area contributed by atoms with Gasteiger partial charge in [0.05, 0.1) is 16.5 Å². The van der Waals surface area contributed by atoms with Gasteiger partial charge in [-0.15, -0.1) is 0 Å². The van der Waals surface area contributed by atoms with Gasteiger partial charge in [-0.25, -0.2) is 4.39 Å². The Morgan fingerprint density at radius 3 is 2.53 bits per heavy atom. The zero-order valence-corrected chi connectivity index (χ0v) is 18.8. The number of carbonyl (C=O) groups is 2. The van der Waals surface area contributed by atoms with Crippen LogP contribution in [0.1, 0.15) is 29.7 Å². The predicted octanol–water partition coefficient (Wildman–Crippen LogP) is 4.39. The van der Waals surface area contributed by atoms with Crippen LogP contribution in [0.15, 0.2) is 66.2 Å². The number of nitro benzene ring substituents is 1. The molecular formula is C26H19FN2O7. The van der Waals surface area contributed by atoms with Crippen molar-refractivity contribution in [1.29, 1.82) is 0 Å². The topological polar surface area (TPSA) is 130 Å². The lowest BCUT2D eigenvalue weighted by atomic mass is 9.94. The molecule has 0 spiro atoms. The number of carbonyl (C=O) groups excluding carboxylic acids is 2. The van der Waals surface area contributed by atoms with Gasteiger partial charge in [0.1, 0.15) is 23.4 Å². The zero-order valence-electron chi connectivity index (χ0n) is 18.8. The van der Waals surface area contributed by atoms with Crippen molar-refractivity contribution in [3.05, 3.63) is 98.9 Å². The molecule has 0 aromatic heterocycles. The Morgan fingerprint density at radius 2 is 1.83 bits per heavy atom. The summed E-state index contributed by atoms with van der Waals surface area (Å²) < 4.78 is 19.3. The molecule has 10 heteroatoms. The molecule has 1 saturated heterocycles. The Kier molecular flexibility index (Phi) is 5.43. The summed E-state index contributed by atoms with van der Waals surface area (Å²) in [5.74, 6) is -3.00. The van der Waals surface area contributed by atoms with Crippen LogP contribution in [0.4, 0.5) is 15.8 Å². The number of rotatable bonds is 4. The molecule has 0 bridgehead atoms. The number of hydrogen-bond donors (Lipinski definition) is 2. The molecule has 1 amide bonds. The lowest BCUT2D eigenvalue weighted by Gasteiger charge is -2.25. The highest BCUT2D eigenvalue weighted by atomic mass is 19.1. The van der Waals surface area contributed by atoms with E-state index in [2.05, 4.69) is 0 Å². The molecule has 182 valence electrons. The van der Waals surface area contributed by atoms with Gasteiger partial charge >= 0.3 is 5.69 Å². The van der Waals surface area contributed by atoms with Crippen LogP contribution in [-0.2, 0) is 16.0 Å². The molecule has 3 aromatic rings. The fraction of sp³-hybridized carbons (Fsp3) is 0.154. The number of hydrogen-bond acceptors (Lipinski definition) is 7. The number of aliphatic hydroxyl groups excluding tert-OH is 1. The van der Waals surface area contributed by atoms with E-state index in [4.69, 9.17) is 4.74 Å². The van der Waals surface area contributed by atoms with E-state index in [1.807, 2.05) is 6.92 Å². The molecule has 2 heterocycles. The normalized spacial score (nSPS) is 20.3. The standard InChI is InChI=1S/C26H19FN2O7/c1-13-10-16-11-15(3-9-21(16)36-13)24(31)22-23(14-2-8-20(30)19(12-14)29(34)35)28(26(33)25(22)32)18-6-4-17(27)5-7-18/h2-9,11-13,23,30-31H,10H2,1H3/b24-22+. The second-order valence-electron chi connectivity index (χ2n) is 8.61. The van der Waals surface area contributed by atoms with Crippen LogP contribution in [0.25, 0.3) is 5.76 Å². The minimum absolute atomic E-state index is 0.0565. The number of anilines is 1. The largest absolute Gasteiger partial charge is 0.507 e. The summed E-state index contributed by atoms with van der Waals surface area (Å²) in [6.07, 6.45) is 0.535. The second kappa shape index (κ2) is 8.49. The number of phenols is 1. The first kappa shape index (κ1) is 23.0. The van der Waals surface area contributed by atoms with Gasteiger partial charge in [0, 0.05) is 23.7 Å². The highest BCUT2D eigenvalue weighted by Gasteiger charge is 2.47. The molecule has 3 aromatic carbocycles. The predicted molar refractivity (Wildman–Crippen MR) is 126 cm³/mol. The molecule has 2 aliphatic heterocycles. The van der Waals surface area contributed by atoms with Crippen LogP contribution in [0.3, 0.4) is 0 Å². The summed E-state index contributed by atoms with van der Waals surface area (Å²) in [7, 11) is 0. The third-order valence-corrected chi connectivity index (χ3v) is 6.23. The van der Waals surface area contributed by atoms with E-state index in [1.165, 1.54) is 18.2 Å². The van der Waals surface area contributed by atoms with Gasteiger partial charge in [0.25, 0.3) is 11.7 Å². The maximum absolute atomic E-state index is 13.6. The van der Waals surface area contributed by atoms with Gasteiger partial charge in [0.2, 0.25) is 0 Å². The summed E-state index contributed by atoms with van der Waals surface area (Å²) in [6, 6.07) is 11.8. The van der Waals surface area contributed by atoms with Gasteiger partial charge in [-0.05, 0) is 66.6 Å². The maximum Gasteiger partial charge on any atom is 0.311 e. The summed E-state index contributed by atoms with van der Waals surface area (Å²) in [6.45, 7) is 1.89. The van der Waals surface area contributed by atoms with E-state index in [9.17, 15) is 34.3 Å². The molecule has 1 fully saturated rings. The van der Waals surface area contributed by atoms with E-state index < -0.39 is 45.7 Å². The Balaban J connectivity index is 1.72. The number of fused-ring (bicyclic) bond motifs is 1. The smallest absolute Gasteiger partial charge is 0.311 e. The number of aliphatic hydroxyl groups is 1. The second-order valence-corrected chi connectivity index (χ2v) is 8.61. The number of ketones is 1. The number of benzene rings is 3. The van der Waals surface area contributed by atoms with Gasteiger partial charge < -0.3 is 14.9 Å². The summed E-state index contributed by atoms with van der Waals surface area (Å²) in [4.78, 5) is 38.1. The van der Waals surface area contributed by atoms with Crippen molar-refractivity contribution in [2.75, 3.05) is 4.90 Å². The van der Waals surface area contributed by atoms with Crippen LogP contribution >= 0.6 is 0 Å². The number of nitro groups is 1. The quantitative estimate of drug-likeness (QED) is 0.182. The molecule has 2 aliphatic rings. The molecular weight excluding hydrogens is 471 g/mol. The first-order valence-electron chi connectivity index (χ1n) is 11.0. The molecule has 9 nitrogen and oxygen atoms in total. The van der Waals surface area contributed by atoms with Crippen molar-refractivity contribution < 1.29 is 33.9 Å². The maximum atomic E-state index is 13.6. The van der Waals surface area contributed by atoms with Crippen LogP contribution in [0.5, 0.6) is 11.5 Å².